The van der Waals surface area contributed by atoms with E-state index in [1.807, 2.05) is 19.1 Å². The van der Waals surface area contributed by atoms with Crippen molar-refractivity contribution in [1.82, 2.24) is 9.55 Å². The number of aryl methyl sites for hydroxylation is 1. The Labute approximate surface area is 209 Å². The smallest absolute Gasteiger partial charge is 0.414 e. The molecule has 3 aromatic rings. The maximum absolute atomic E-state index is 12.6. The number of halogens is 1. The van der Waals surface area contributed by atoms with E-state index in [-0.39, 0.29) is 18.6 Å². The van der Waals surface area contributed by atoms with E-state index in [0.29, 0.717) is 16.6 Å². The van der Waals surface area contributed by atoms with Gasteiger partial charge in [0.25, 0.3) is 0 Å². The summed E-state index contributed by atoms with van der Waals surface area (Å²) >= 11 is 6.04. The van der Waals surface area contributed by atoms with E-state index < -0.39 is 11.9 Å². The zero-order valence-corrected chi connectivity index (χ0v) is 20.8. The number of aromatic nitrogens is 2. The lowest BCUT2D eigenvalue weighted by Crippen LogP contribution is -2.42. The van der Waals surface area contributed by atoms with Crippen molar-refractivity contribution >= 4 is 40.4 Å². The topological polar surface area (TPSA) is 84.7 Å². The molecule has 8 heteroatoms. The summed E-state index contributed by atoms with van der Waals surface area (Å²) in [5, 5.41) is 10.7. The Hall–Kier alpha value is -3.06. The van der Waals surface area contributed by atoms with Gasteiger partial charge in [-0.2, -0.15) is 0 Å². The lowest BCUT2D eigenvalue weighted by Gasteiger charge is -2.34. The lowest BCUT2D eigenvalue weighted by atomic mass is 9.95. The average Bonchev–Trinajstić information content (AvgIpc) is 3.49. The Morgan fingerprint density at radius 1 is 1.14 bits per heavy atom. The van der Waals surface area contributed by atoms with E-state index in [9.17, 15) is 14.7 Å². The predicted octanol–water partition coefficient (Wildman–Crippen LogP) is 6.12. The number of amides is 1. The number of carboxylic acid groups (broad SMARTS) is 1. The Bertz CT molecular complexity index is 1260. The molecule has 2 heterocycles. The molecule has 0 bridgehead atoms. The van der Waals surface area contributed by atoms with Crippen molar-refractivity contribution in [3.8, 4) is 0 Å². The number of carbonyl (C=O) groups is 2. The number of carbonyl (C=O) groups excluding carboxylic acids is 1. The molecule has 1 aliphatic carbocycles. The standard InChI is InChI=1S/C27H30ClN3O4/c1-16-7-12-20-22(30(16)27(34)35-2)13-14-23-25(20)29-24(31(23)19-5-3-4-6-19)15-21(26(32)33)17-8-10-18(28)11-9-17/h8-11,13-14,16,19,21H,3-7,12,15H2,1-2H3,(H,32,33)/t16-,21+/m0/s1. The highest BCUT2D eigenvalue weighted by Crippen LogP contribution is 2.40. The minimum Gasteiger partial charge on any atom is -0.481 e. The largest absolute Gasteiger partial charge is 0.481 e. The van der Waals surface area contributed by atoms with Gasteiger partial charge < -0.3 is 14.4 Å². The fourth-order valence-corrected chi connectivity index (χ4v) is 5.89. The molecule has 1 saturated carbocycles. The number of hydrogen-bond donors (Lipinski definition) is 1. The second-order valence-corrected chi connectivity index (χ2v) is 10.1. The highest BCUT2D eigenvalue weighted by molar-refractivity contribution is 6.30. The zero-order chi connectivity index (χ0) is 24.7. The molecule has 0 saturated heterocycles. The molecule has 2 atom stereocenters. The molecule has 184 valence electrons. The first kappa shape index (κ1) is 23.7. The van der Waals surface area contributed by atoms with Gasteiger partial charge in [0.2, 0.25) is 0 Å². The van der Waals surface area contributed by atoms with Crippen LogP contribution >= 0.6 is 11.6 Å². The number of fused-ring (bicyclic) bond motifs is 3. The normalized spacial score (nSPS) is 19.1. The number of imidazole rings is 1. The first-order valence-corrected chi connectivity index (χ1v) is 12.6. The number of hydrogen-bond acceptors (Lipinski definition) is 4. The van der Waals surface area contributed by atoms with Crippen LogP contribution in [0.5, 0.6) is 0 Å². The molecule has 1 aromatic heterocycles. The minimum absolute atomic E-state index is 0.0325. The number of benzene rings is 2. The third-order valence-electron chi connectivity index (χ3n) is 7.55. The summed E-state index contributed by atoms with van der Waals surface area (Å²) < 4.78 is 7.34. The Kier molecular flexibility index (Phi) is 6.45. The molecule has 35 heavy (non-hydrogen) atoms. The van der Waals surface area contributed by atoms with E-state index in [0.717, 1.165) is 66.6 Å². The van der Waals surface area contributed by atoms with Crippen LogP contribution in [-0.4, -0.2) is 39.9 Å². The lowest BCUT2D eigenvalue weighted by molar-refractivity contribution is -0.138. The van der Waals surface area contributed by atoms with Gasteiger partial charge in [0.05, 0.1) is 29.7 Å². The van der Waals surface area contributed by atoms with Crippen LogP contribution < -0.4 is 4.90 Å². The summed E-state index contributed by atoms with van der Waals surface area (Å²) in [5.41, 5.74) is 4.45. The quantitative estimate of drug-likeness (QED) is 0.460. The van der Waals surface area contributed by atoms with E-state index in [4.69, 9.17) is 21.3 Å². The Morgan fingerprint density at radius 2 is 1.86 bits per heavy atom. The molecule has 5 rings (SSSR count). The third-order valence-corrected chi connectivity index (χ3v) is 7.80. The van der Waals surface area contributed by atoms with Crippen LogP contribution in [0.25, 0.3) is 11.0 Å². The molecule has 0 radical (unpaired) electrons. The van der Waals surface area contributed by atoms with Crippen LogP contribution in [-0.2, 0) is 22.4 Å². The second kappa shape index (κ2) is 9.53. The molecule has 0 spiro atoms. The average molecular weight is 496 g/mol. The number of methoxy groups -OCH3 is 1. The highest BCUT2D eigenvalue weighted by Gasteiger charge is 2.33. The van der Waals surface area contributed by atoms with Crippen LogP contribution in [0.4, 0.5) is 10.5 Å². The fraction of sp³-hybridized carbons (Fsp3) is 0.444. The maximum Gasteiger partial charge on any atom is 0.414 e. The Morgan fingerprint density at radius 3 is 2.51 bits per heavy atom. The number of anilines is 1. The van der Waals surface area contributed by atoms with Crippen LogP contribution in [0.15, 0.2) is 36.4 Å². The number of carboxylic acids is 1. The molecule has 1 amide bonds. The van der Waals surface area contributed by atoms with Crippen LogP contribution in [0.1, 0.15) is 67.9 Å². The van der Waals surface area contributed by atoms with E-state index in [1.165, 1.54) is 7.11 Å². The van der Waals surface area contributed by atoms with E-state index >= 15 is 0 Å². The summed E-state index contributed by atoms with van der Waals surface area (Å²) in [7, 11) is 1.40. The number of ether oxygens (including phenoxy) is 1. The summed E-state index contributed by atoms with van der Waals surface area (Å²) in [5.74, 6) is -0.831. The molecule has 2 aromatic carbocycles. The molecular formula is C27H30ClN3O4. The first-order valence-electron chi connectivity index (χ1n) is 12.3. The van der Waals surface area contributed by atoms with Gasteiger partial charge in [-0.05, 0) is 62.4 Å². The molecular weight excluding hydrogens is 466 g/mol. The summed E-state index contributed by atoms with van der Waals surface area (Å²) in [4.78, 5) is 31.7. The van der Waals surface area contributed by atoms with Crippen molar-refractivity contribution in [2.75, 3.05) is 12.0 Å². The monoisotopic (exact) mass is 495 g/mol. The van der Waals surface area contributed by atoms with E-state index in [1.54, 1.807) is 29.2 Å². The predicted molar refractivity (Wildman–Crippen MR) is 135 cm³/mol. The number of nitrogens with zero attached hydrogens (tertiary/aromatic N) is 3. The summed E-state index contributed by atoms with van der Waals surface area (Å²) in [6, 6.07) is 11.4. The van der Waals surface area contributed by atoms with Gasteiger partial charge in [0.15, 0.2) is 0 Å². The van der Waals surface area contributed by atoms with Crippen LogP contribution in [0.3, 0.4) is 0 Å². The van der Waals surface area contributed by atoms with Gasteiger partial charge in [-0.25, -0.2) is 9.78 Å². The number of rotatable bonds is 5. The van der Waals surface area contributed by atoms with Crippen molar-refractivity contribution < 1.29 is 19.4 Å². The van der Waals surface area contributed by atoms with Crippen molar-refractivity contribution in [2.45, 2.75) is 69.9 Å². The third kappa shape index (κ3) is 4.27. The van der Waals surface area contributed by atoms with Crippen LogP contribution in [0.2, 0.25) is 5.02 Å². The van der Waals surface area contributed by atoms with Gasteiger partial charge >= 0.3 is 12.1 Å². The molecule has 1 N–H and O–H groups in total. The zero-order valence-electron chi connectivity index (χ0n) is 20.0. The molecule has 2 aliphatic rings. The van der Waals surface area contributed by atoms with Crippen molar-refractivity contribution in [3.05, 3.63) is 58.4 Å². The van der Waals surface area contributed by atoms with Gasteiger partial charge in [0, 0.05) is 29.1 Å². The van der Waals surface area contributed by atoms with Crippen molar-refractivity contribution in [3.63, 3.8) is 0 Å². The minimum atomic E-state index is -0.884. The highest BCUT2D eigenvalue weighted by atomic mass is 35.5. The SMILES string of the molecule is COC(=O)N1c2ccc3c(nc(C[C@@H](C(=O)O)c4ccc(Cl)cc4)n3C3CCCC3)c2CC[C@@H]1C. The Balaban J connectivity index is 1.64. The molecule has 1 aliphatic heterocycles. The van der Waals surface area contributed by atoms with Crippen molar-refractivity contribution in [1.29, 1.82) is 0 Å². The molecule has 0 unspecified atom stereocenters. The number of aliphatic carboxylic acids is 1. The molecule has 7 nitrogen and oxygen atoms in total. The van der Waals surface area contributed by atoms with Gasteiger partial charge in [-0.3, -0.25) is 9.69 Å². The van der Waals surface area contributed by atoms with Crippen molar-refractivity contribution in [2.24, 2.45) is 0 Å². The fourth-order valence-electron chi connectivity index (χ4n) is 5.76. The summed E-state index contributed by atoms with van der Waals surface area (Å²) in [6.45, 7) is 2.02. The van der Waals surface area contributed by atoms with Crippen LogP contribution in [0, 0.1) is 0 Å². The van der Waals surface area contributed by atoms with E-state index in [2.05, 4.69) is 4.57 Å². The second-order valence-electron chi connectivity index (χ2n) is 9.64. The summed E-state index contributed by atoms with van der Waals surface area (Å²) in [6.07, 6.45) is 5.95. The van der Waals surface area contributed by atoms with Gasteiger partial charge in [-0.15, -0.1) is 0 Å². The molecule has 1 fully saturated rings. The first-order chi connectivity index (χ1) is 16.9. The van der Waals surface area contributed by atoms with Gasteiger partial charge in [-0.1, -0.05) is 36.6 Å². The maximum atomic E-state index is 12.6. The van der Waals surface area contributed by atoms with Gasteiger partial charge in [0.1, 0.15) is 5.82 Å².